The Morgan fingerprint density at radius 1 is 1.11 bits per heavy atom. The number of rotatable bonds is 7. The average Bonchev–Trinajstić information content (AvgIpc) is 3.26. The second kappa shape index (κ2) is 10.3. The van der Waals surface area contributed by atoms with Crippen molar-refractivity contribution in [2.45, 2.75) is 26.4 Å². The zero-order chi connectivity index (χ0) is 18.9. The van der Waals surface area contributed by atoms with E-state index in [2.05, 4.69) is 70.7 Å². The molecule has 0 amide bonds. The summed E-state index contributed by atoms with van der Waals surface area (Å²) in [6.45, 7) is 12.5. The molecule has 1 aromatic carbocycles. The summed E-state index contributed by atoms with van der Waals surface area (Å²) < 4.78 is 5.44. The van der Waals surface area contributed by atoms with Crippen molar-refractivity contribution in [3.8, 4) is 0 Å². The van der Waals surface area contributed by atoms with Gasteiger partial charge in [0.2, 0.25) is 0 Å². The fourth-order valence-electron chi connectivity index (χ4n) is 3.40. The maximum Gasteiger partial charge on any atom is 0.191 e. The molecule has 27 heavy (non-hydrogen) atoms. The van der Waals surface area contributed by atoms with Gasteiger partial charge in [-0.15, -0.1) is 0 Å². The number of hydrogen-bond donors (Lipinski definition) is 2. The van der Waals surface area contributed by atoms with Crippen LogP contribution in [0, 0.1) is 0 Å². The summed E-state index contributed by atoms with van der Waals surface area (Å²) in [6, 6.07) is 9.21. The standard InChI is InChI=1S/C21H33N5O/c1-3-22-21(23-16-18(2)25-12-14-27-15-13-25)24-17-19-6-8-20(9-7-19)26-10-4-5-11-26/h4-9,18H,3,10-17H2,1-2H3,(H2,22,23,24). The van der Waals surface area contributed by atoms with E-state index in [9.17, 15) is 0 Å². The van der Waals surface area contributed by atoms with E-state index in [0.29, 0.717) is 12.6 Å². The normalized spacial score (nSPS) is 19.3. The number of anilines is 1. The van der Waals surface area contributed by atoms with E-state index in [1.165, 1.54) is 11.3 Å². The first-order valence-corrected chi connectivity index (χ1v) is 10.1. The minimum Gasteiger partial charge on any atom is -0.379 e. The van der Waals surface area contributed by atoms with Gasteiger partial charge in [0, 0.05) is 51.0 Å². The molecule has 6 heteroatoms. The van der Waals surface area contributed by atoms with E-state index in [-0.39, 0.29) is 0 Å². The Bertz CT molecular complexity index is 614. The largest absolute Gasteiger partial charge is 0.379 e. The molecule has 1 unspecified atom stereocenters. The van der Waals surface area contributed by atoms with Crippen LogP contribution in [-0.2, 0) is 11.3 Å². The maximum absolute atomic E-state index is 5.44. The quantitative estimate of drug-likeness (QED) is 0.435. The summed E-state index contributed by atoms with van der Waals surface area (Å²) in [4.78, 5) is 9.57. The Morgan fingerprint density at radius 2 is 1.81 bits per heavy atom. The van der Waals surface area contributed by atoms with Gasteiger partial charge in [0.1, 0.15) is 0 Å². The molecule has 1 fully saturated rings. The number of nitrogens with one attached hydrogen (secondary N) is 2. The Kier molecular flexibility index (Phi) is 7.54. The molecular weight excluding hydrogens is 338 g/mol. The lowest BCUT2D eigenvalue weighted by atomic mass is 10.2. The number of nitrogens with zero attached hydrogens (tertiary/aromatic N) is 3. The Labute approximate surface area is 163 Å². The Balaban J connectivity index is 1.50. The molecule has 2 aliphatic rings. The monoisotopic (exact) mass is 371 g/mol. The van der Waals surface area contributed by atoms with Crippen LogP contribution in [0.25, 0.3) is 0 Å². The molecule has 0 spiro atoms. The molecule has 148 valence electrons. The van der Waals surface area contributed by atoms with Crippen LogP contribution in [0.3, 0.4) is 0 Å². The third kappa shape index (κ3) is 5.97. The molecule has 3 rings (SSSR count). The summed E-state index contributed by atoms with van der Waals surface area (Å²) >= 11 is 0. The van der Waals surface area contributed by atoms with Crippen molar-refractivity contribution in [2.24, 2.45) is 4.99 Å². The van der Waals surface area contributed by atoms with Crippen molar-refractivity contribution in [1.82, 2.24) is 15.5 Å². The summed E-state index contributed by atoms with van der Waals surface area (Å²) in [7, 11) is 0. The second-order valence-electron chi connectivity index (χ2n) is 7.12. The van der Waals surface area contributed by atoms with Crippen molar-refractivity contribution in [3.05, 3.63) is 42.0 Å². The summed E-state index contributed by atoms with van der Waals surface area (Å²) in [5.41, 5.74) is 2.50. The molecule has 0 aromatic heterocycles. The lowest BCUT2D eigenvalue weighted by molar-refractivity contribution is 0.0211. The van der Waals surface area contributed by atoms with Gasteiger partial charge in [-0.25, -0.2) is 4.99 Å². The van der Waals surface area contributed by atoms with E-state index in [1.807, 2.05) is 0 Å². The third-order valence-electron chi connectivity index (χ3n) is 5.12. The van der Waals surface area contributed by atoms with E-state index in [0.717, 1.165) is 58.4 Å². The minimum absolute atomic E-state index is 0.464. The van der Waals surface area contributed by atoms with Crippen LogP contribution in [-0.4, -0.2) is 69.4 Å². The van der Waals surface area contributed by atoms with Crippen LogP contribution in [0.1, 0.15) is 19.4 Å². The van der Waals surface area contributed by atoms with Gasteiger partial charge in [0.25, 0.3) is 0 Å². The van der Waals surface area contributed by atoms with Crippen molar-refractivity contribution < 1.29 is 4.74 Å². The highest BCUT2D eigenvalue weighted by molar-refractivity contribution is 5.79. The topological polar surface area (TPSA) is 52.1 Å². The van der Waals surface area contributed by atoms with Crippen molar-refractivity contribution >= 4 is 11.6 Å². The maximum atomic E-state index is 5.44. The summed E-state index contributed by atoms with van der Waals surface area (Å²) in [5.74, 6) is 0.880. The molecular formula is C21H33N5O. The van der Waals surface area contributed by atoms with Gasteiger partial charge in [0.05, 0.1) is 19.8 Å². The highest BCUT2D eigenvalue weighted by Crippen LogP contribution is 2.17. The molecule has 1 saturated heterocycles. The van der Waals surface area contributed by atoms with Crippen LogP contribution >= 0.6 is 0 Å². The molecule has 0 radical (unpaired) electrons. The number of ether oxygens (including phenoxy) is 1. The van der Waals surface area contributed by atoms with Crippen molar-refractivity contribution in [2.75, 3.05) is 57.4 Å². The predicted octanol–water partition coefficient (Wildman–Crippen LogP) is 1.84. The summed E-state index contributed by atoms with van der Waals surface area (Å²) in [6.07, 6.45) is 4.43. The number of guanidine groups is 1. The average molecular weight is 372 g/mol. The van der Waals surface area contributed by atoms with E-state index in [4.69, 9.17) is 9.73 Å². The van der Waals surface area contributed by atoms with Gasteiger partial charge in [-0.3, -0.25) is 4.90 Å². The molecule has 0 saturated carbocycles. The molecule has 0 aliphatic carbocycles. The number of hydrogen-bond acceptors (Lipinski definition) is 4. The first-order chi connectivity index (χ1) is 13.3. The Hall–Kier alpha value is -2.05. The van der Waals surface area contributed by atoms with E-state index >= 15 is 0 Å². The molecule has 2 heterocycles. The predicted molar refractivity (Wildman–Crippen MR) is 112 cm³/mol. The molecule has 1 aromatic rings. The number of morpholine rings is 1. The first kappa shape index (κ1) is 19.7. The molecule has 1 atom stereocenters. The van der Waals surface area contributed by atoms with Gasteiger partial charge in [-0.2, -0.15) is 0 Å². The lowest BCUT2D eigenvalue weighted by Crippen LogP contribution is -2.49. The zero-order valence-corrected chi connectivity index (χ0v) is 16.7. The first-order valence-electron chi connectivity index (χ1n) is 10.1. The Morgan fingerprint density at radius 3 is 2.48 bits per heavy atom. The fourth-order valence-corrected chi connectivity index (χ4v) is 3.40. The number of benzene rings is 1. The SMILES string of the molecule is CCNC(=NCc1ccc(N2CC=CC2)cc1)NCC(C)N1CCOCC1. The number of aliphatic imine (C=N–C) groups is 1. The molecule has 0 bridgehead atoms. The van der Waals surface area contributed by atoms with Gasteiger partial charge >= 0.3 is 0 Å². The van der Waals surface area contributed by atoms with Crippen LogP contribution in [0.4, 0.5) is 5.69 Å². The highest BCUT2D eigenvalue weighted by atomic mass is 16.5. The van der Waals surface area contributed by atoms with E-state index < -0.39 is 0 Å². The van der Waals surface area contributed by atoms with Crippen LogP contribution in [0.2, 0.25) is 0 Å². The van der Waals surface area contributed by atoms with Crippen LogP contribution < -0.4 is 15.5 Å². The molecule has 2 N–H and O–H groups in total. The van der Waals surface area contributed by atoms with Gasteiger partial charge in [-0.05, 0) is 31.5 Å². The van der Waals surface area contributed by atoms with Crippen molar-refractivity contribution in [3.63, 3.8) is 0 Å². The lowest BCUT2D eigenvalue weighted by Gasteiger charge is -2.32. The summed E-state index contributed by atoms with van der Waals surface area (Å²) in [5, 5.41) is 6.83. The highest BCUT2D eigenvalue weighted by Gasteiger charge is 2.17. The minimum atomic E-state index is 0.464. The van der Waals surface area contributed by atoms with Gasteiger partial charge in [0.15, 0.2) is 5.96 Å². The zero-order valence-electron chi connectivity index (χ0n) is 16.7. The fraction of sp³-hybridized carbons (Fsp3) is 0.571. The second-order valence-corrected chi connectivity index (χ2v) is 7.12. The molecule has 2 aliphatic heterocycles. The van der Waals surface area contributed by atoms with Crippen LogP contribution in [0.15, 0.2) is 41.4 Å². The third-order valence-corrected chi connectivity index (χ3v) is 5.12. The van der Waals surface area contributed by atoms with Crippen molar-refractivity contribution in [1.29, 1.82) is 0 Å². The van der Waals surface area contributed by atoms with Gasteiger partial charge in [-0.1, -0.05) is 24.3 Å². The van der Waals surface area contributed by atoms with E-state index in [1.54, 1.807) is 0 Å². The molecule has 6 nitrogen and oxygen atoms in total. The van der Waals surface area contributed by atoms with Crippen LogP contribution in [0.5, 0.6) is 0 Å². The van der Waals surface area contributed by atoms with Gasteiger partial charge < -0.3 is 20.3 Å². The smallest absolute Gasteiger partial charge is 0.191 e.